The van der Waals surface area contributed by atoms with Crippen molar-refractivity contribution < 1.29 is 4.79 Å². The first kappa shape index (κ1) is 14.5. The molecule has 0 saturated heterocycles. The maximum atomic E-state index is 12.4. The van der Waals surface area contributed by atoms with Crippen LogP contribution in [0.15, 0.2) is 42.6 Å². The molecule has 5 nitrogen and oxygen atoms in total. The van der Waals surface area contributed by atoms with Gasteiger partial charge in [0.05, 0.1) is 11.6 Å². The molecule has 21 heavy (non-hydrogen) atoms. The van der Waals surface area contributed by atoms with Crippen LogP contribution in [0.2, 0.25) is 0 Å². The van der Waals surface area contributed by atoms with Gasteiger partial charge in [-0.3, -0.25) is 4.79 Å². The summed E-state index contributed by atoms with van der Waals surface area (Å²) in [5.41, 5.74) is 2.09. The lowest BCUT2D eigenvalue weighted by atomic mass is 10.1. The standard InChI is InChI=1S/C16H16N4O/c1-18-15-9-14(6-7-19-15)16(21)20(2)11-13-5-3-4-12(8-13)10-17/h3-9H,11H2,1-2H3,(H,18,19). The SMILES string of the molecule is CNc1cc(C(=O)N(C)Cc2cccc(C#N)c2)ccn1. The molecule has 1 heterocycles. The second-order valence-electron chi connectivity index (χ2n) is 4.65. The monoisotopic (exact) mass is 280 g/mol. The first-order valence-electron chi connectivity index (χ1n) is 6.52. The average molecular weight is 280 g/mol. The molecule has 0 atom stereocenters. The van der Waals surface area contributed by atoms with E-state index < -0.39 is 0 Å². The second-order valence-corrected chi connectivity index (χ2v) is 4.65. The minimum atomic E-state index is -0.0868. The summed E-state index contributed by atoms with van der Waals surface area (Å²) in [5, 5.41) is 11.8. The van der Waals surface area contributed by atoms with Gasteiger partial charge in [0.15, 0.2) is 0 Å². The van der Waals surface area contributed by atoms with Gasteiger partial charge in [-0.25, -0.2) is 4.98 Å². The van der Waals surface area contributed by atoms with Crippen molar-refractivity contribution >= 4 is 11.7 Å². The molecule has 1 N–H and O–H groups in total. The molecule has 1 amide bonds. The van der Waals surface area contributed by atoms with Crippen LogP contribution >= 0.6 is 0 Å². The zero-order valence-electron chi connectivity index (χ0n) is 12.0. The van der Waals surface area contributed by atoms with E-state index in [2.05, 4.69) is 16.4 Å². The Bertz CT molecular complexity index is 691. The minimum absolute atomic E-state index is 0.0868. The average Bonchev–Trinajstić information content (AvgIpc) is 2.54. The van der Waals surface area contributed by atoms with Crippen molar-refractivity contribution in [3.8, 4) is 6.07 Å². The maximum absolute atomic E-state index is 12.4. The zero-order valence-corrected chi connectivity index (χ0v) is 12.0. The first-order chi connectivity index (χ1) is 10.1. The van der Waals surface area contributed by atoms with E-state index in [0.29, 0.717) is 23.5 Å². The second kappa shape index (κ2) is 6.53. The normalized spacial score (nSPS) is 9.76. The van der Waals surface area contributed by atoms with E-state index in [1.807, 2.05) is 12.1 Å². The molecule has 5 heteroatoms. The number of amides is 1. The highest BCUT2D eigenvalue weighted by Crippen LogP contribution is 2.12. The molecule has 0 bridgehead atoms. The van der Waals surface area contributed by atoms with Gasteiger partial charge in [-0.2, -0.15) is 5.26 Å². The number of carbonyl (C=O) groups excluding carboxylic acids is 1. The molecule has 0 aliphatic carbocycles. The van der Waals surface area contributed by atoms with E-state index >= 15 is 0 Å². The van der Waals surface area contributed by atoms with E-state index in [1.54, 1.807) is 49.5 Å². The Labute approximate surface area is 123 Å². The fourth-order valence-corrected chi connectivity index (χ4v) is 2.01. The van der Waals surface area contributed by atoms with E-state index in [4.69, 9.17) is 5.26 Å². The van der Waals surface area contributed by atoms with Crippen molar-refractivity contribution in [3.05, 3.63) is 59.3 Å². The summed E-state index contributed by atoms with van der Waals surface area (Å²) in [5.74, 6) is 0.567. The van der Waals surface area contributed by atoms with Gasteiger partial charge >= 0.3 is 0 Å². The minimum Gasteiger partial charge on any atom is -0.373 e. The summed E-state index contributed by atoms with van der Waals surface area (Å²) in [4.78, 5) is 18.1. The smallest absolute Gasteiger partial charge is 0.254 e. The van der Waals surface area contributed by atoms with Crippen molar-refractivity contribution in [1.29, 1.82) is 5.26 Å². The molecule has 2 rings (SSSR count). The summed E-state index contributed by atoms with van der Waals surface area (Å²) >= 11 is 0. The third-order valence-corrected chi connectivity index (χ3v) is 3.09. The molecule has 0 spiro atoms. The molecule has 1 aromatic heterocycles. The number of hydrogen-bond acceptors (Lipinski definition) is 4. The van der Waals surface area contributed by atoms with Gasteiger partial charge in [-0.05, 0) is 29.8 Å². The van der Waals surface area contributed by atoms with Crippen molar-refractivity contribution in [3.63, 3.8) is 0 Å². The summed E-state index contributed by atoms with van der Waals surface area (Å²) in [6.07, 6.45) is 1.60. The van der Waals surface area contributed by atoms with Crippen molar-refractivity contribution in [2.45, 2.75) is 6.54 Å². The summed E-state index contributed by atoms with van der Waals surface area (Å²) in [6, 6.07) is 12.7. The molecular formula is C16H16N4O. The predicted molar refractivity (Wildman–Crippen MR) is 80.7 cm³/mol. The lowest BCUT2D eigenvalue weighted by Gasteiger charge is -2.17. The molecule has 2 aromatic rings. The Morgan fingerprint density at radius 1 is 1.38 bits per heavy atom. The highest BCUT2D eigenvalue weighted by Gasteiger charge is 2.13. The predicted octanol–water partition coefficient (Wildman–Crippen LogP) is 2.27. The third-order valence-electron chi connectivity index (χ3n) is 3.09. The Balaban J connectivity index is 2.13. The van der Waals surface area contributed by atoms with Crippen LogP contribution < -0.4 is 5.32 Å². The number of benzene rings is 1. The lowest BCUT2D eigenvalue weighted by Crippen LogP contribution is -2.26. The van der Waals surface area contributed by atoms with Gasteiger partial charge in [0.2, 0.25) is 0 Å². The molecule has 0 unspecified atom stereocenters. The number of hydrogen-bond donors (Lipinski definition) is 1. The van der Waals surface area contributed by atoms with Crippen LogP contribution in [0.3, 0.4) is 0 Å². The van der Waals surface area contributed by atoms with E-state index in [1.165, 1.54) is 0 Å². The van der Waals surface area contributed by atoms with Crippen LogP contribution in [0.25, 0.3) is 0 Å². The summed E-state index contributed by atoms with van der Waals surface area (Å²) < 4.78 is 0. The number of nitrogens with one attached hydrogen (secondary N) is 1. The quantitative estimate of drug-likeness (QED) is 0.932. The molecular weight excluding hydrogens is 264 g/mol. The number of anilines is 1. The molecule has 1 aromatic carbocycles. The van der Waals surface area contributed by atoms with E-state index in [-0.39, 0.29) is 5.91 Å². The van der Waals surface area contributed by atoms with Crippen LogP contribution in [0.5, 0.6) is 0 Å². The lowest BCUT2D eigenvalue weighted by molar-refractivity contribution is 0.0785. The molecule has 0 radical (unpaired) electrons. The highest BCUT2D eigenvalue weighted by atomic mass is 16.2. The van der Waals surface area contributed by atoms with Gasteiger partial charge in [0, 0.05) is 32.4 Å². The molecule has 0 aliphatic heterocycles. The number of carbonyl (C=O) groups is 1. The van der Waals surface area contributed by atoms with E-state index in [0.717, 1.165) is 5.56 Å². The first-order valence-corrected chi connectivity index (χ1v) is 6.52. The van der Waals surface area contributed by atoms with Gasteiger partial charge < -0.3 is 10.2 Å². The van der Waals surface area contributed by atoms with Crippen LogP contribution in [0, 0.1) is 11.3 Å². The molecule has 0 aliphatic rings. The van der Waals surface area contributed by atoms with Crippen molar-refractivity contribution in [2.75, 3.05) is 19.4 Å². The Morgan fingerprint density at radius 3 is 2.90 bits per heavy atom. The largest absolute Gasteiger partial charge is 0.373 e. The highest BCUT2D eigenvalue weighted by molar-refractivity contribution is 5.94. The fraction of sp³-hybridized carbons (Fsp3) is 0.188. The maximum Gasteiger partial charge on any atom is 0.254 e. The topological polar surface area (TPSA) is 69.0 Å². The molecule has 106 valence electrons. The number of nitrogens with zero attached hydrogens (tertiary/aromatic N) is 3. The van der Waals surface area contributed by atoms with Crippen molar-refractivity contribution in [2.24, 2.45) is 0 Å². The molecule has 0 saturated carbocycles. The Hall–Kier alpha value is -2.87. The van der Waals surface area contributed by atoms with E-state index in [9.17, 15) is 4.79 Å². The van der Waals surface area contributed by atoms with Crippen LogP contribution in [0.1, 0.15) is 21.5 Å². The van der Waals surface area contributed by atoms with Gasteiger partial charge in [-0.1, -0.05) is 12.1 Å². The Kier molecular flexibility index (Phi) is 4.52. The fourth-order valence-electron chi connectivity index (χ4n) is 2.01. The number of rotatable bonds is 4. The van der Waals surface area contributed by atoms with Crippen molar-refractivity contribution in [1.82, 2.24) is 9.88 Å². The van der Waals surface area contributed by atoms with Crippen LogP contribution in [0.4, 0.5) is 5.82 Å². The van der Waals surface area contributed by atoms with Gasteiger partial charge in [0.25, 0.3) is 5.91 Å². The van der Waals surface area contributed by atoms with Gasteiger partial charge in [0.1, 0.15) is 5.82 Å². The van der Waals surface area contributed by atoms with Crippen LogP contribution in [-0.4, -0.2) is 29.9 Å². The third kappa shape index (κ3) is 3.57. The number of nitriles is 1. The number of pyridine rings is 1. The zero-order chi connectivity index (χ0) is 15.2. The summed E-state index contributed by atoms with van der Waals surface area (Å²) in [6.45, 7) is 0.450. The number of aromatic nitrogens is 1. The Morgan fingerprint density at radius 2 is 2.19 bits per heavy atom. The summed E-state index contributed by atoms with van der Waals surface area (Å²) in [7, 11) is 3.49. The van der Waals surface area contributed by atoms with Crippen LogP contribution in [-0.2, 0) is 6.54 Å². The molecule has 0 fully saturated rings. The van der Waals surface area contributed by atoms with Gasteiger partial charge in [-0.15, -0.1) is 0 Å².